The first-order chi connectivity index (χ1) is 10.8. The lowest BCUT2D eigenvalue weighted by molar-refractivity contribution is 0.454. The van der Waals surface area contributed by atoms with Crippen LogP contribution < -0.4 is 16.4 Å². The smallest absolute Gasteiger partial charge is 0.165 e. The molecule has 0 aliphatic carbocycles. The summed E-state index contributed by atoms with van der Waals surface area (Å²) in [7, 11) is 1.84. The lowest BCUT2D eigenvalue weighted by atomic mass is 9.95. The average molecular weight is 299 g/mol. The molecule has 7 heteroatoms. The summed E-state index contributed by atoms with van der Waals surface area (Å²) in [6, 6.07) is 3.77. The summed E-state index contributed by atoms with van der Waals surface area (Å²) in [5.41, 5.74) is 8.70. The highest BCUT2D eigenvalue weighted by atomic mass is 15.1. The molecule has 0 aromatic carbocycles. The van der Waals surface area contributed by atoms with Crippen molar-refractivity contribution in [3.8, 4) is 0 Å². The lowest BCUT2D eigenvalue weighted by Gasteiger charge is -2.22. The van der Waals surface area contributed by atoms with Gasteiger partial charge < -0.3 is 16.4 Å². The third kappa shape index (κ3) is 3.09. The minimum Gasteiger partial charge on any atom is -0.393 e. The van der Waals surface area contributed by atoms with Crippen LogP contribution in [0, 0.1) is 0 Å². The highest BCUT2D eigenvalue weighted by Crippen LogP contribution is 2.25. The van der Waals surface area contributed by atoms with Crippen molar-refractivity contribution in [2.24, 2.45) is 0 Å². The minimum absolute atomic E-state index is 0.385. The van der Waals surface area contributed by atoms with Crippen molar-refractivity contribution in [2.45, 2.75) is 18.8 Å². The predicted molar refractivity (Wildman–Crippen MR) is 86.0 cm³/mol. The second-order valence-corrected chi connectivity index (χ2v) is 5.40. The number of rotatable bonds is 4. The number of piperidine rings is 1. The van der Waals surface area contributed by atoms with Gasteiger partial charge in [0.1, 0.15) is 5.82 Å². The van der Waals surface area contributed by atoms with E-state index in [1.165, 1.54) is 0 Å². The zero-order valence-corrected chi connectivity index (χ0v) is 12.6. The van der Waals surface area contributed by atoms with Gasteiger partial charge in [0.25, 0.3) is 0 Å². The van der Waals surface area contributed by atoms with Crippen molar-refractivity contribution in [1.29, 1.82) is 0 Å². The Kier molecular flexibility index (Phi) is 4.34. The molecule has 116 valence electrons. The van der Waals surface area contributed by atoms with Gasteiger partial charge >= 0.3 is 0 Å². The van der Waals surface area contributed by atoms with E-state index in [2.05, 4.69) is 25.8 Å². The van der Waals surface area contributed by atoms with Crippen LogP contribution in [0.1, 0.15) is 36.0 Å². The van der Waals surface area contributed by atoms with Gasteiger partial charge in [-0.25, -0.2) is 9.97 Å². The van der Waals surface area contributed by atoms with Gasteiger partial charge in [-0.05, 0) is 25.5 Å². The van der Waals surface area contributed by atoms with Crippen molar-refractivity contribution in [3.63, 3.8) is 0 Å². The summed E-state index contributed by atoms with van der Waals surface area (Å²) in [4.78, 5) is 9.14. The minimum atomic E-state index is 0.385. The molecule has 3 heterocycles. The second kappa shape index (κ2) is 6.57. The first-order valence-corrected chi connectivity index (χ1v) is 7.50. The fourth-order valence-corrected chi connectivity index (χ4v) is 2.73. The van der Waals surface area contributed by atoms with Crippen molar-refractivity contribution in [1.82, 2.24) is 30.8 Å². The normalized spacial score (nSPS) is 19.1. The number of nitrogens with one attached hydrogen (secondary N) is 3. The summed E-state index contributed by atoms with van der Waals surface area (Å²) >= 11 is 0. The maximum absolute atomic E-state index is 6.01. The van der Waals surface area contributed by atoms with Gasteiger partial charge in [0.2, 0.25) is 0 Å². The van der Waals surface area contributed by atoms with Crippen LogP contribution in [-0.4, -0.2) is 40.3 Å². The van der Waals surface area contributed by atoms with Gasteiger partial charge in [-0.1, -0.05) is 0 Å². The molecule has 1 fully saturated rings. The molecule has 0 bridgehead atoms. The molecular formula is C15H21N7. The molecule has 0 amide bonds. The first-order valence-electron chi connectivity index (χ1n) is 7.50. The van der Waals surface area contributed by atoms with E-state index in [9.17, 15) is 0 Å². The molecule has 1 aliphatic rings. The van der Waals surface area contributed by atoms with E-state index >= 15 is 0 Å². The van der Waals surface area contributed by atoms with Crippen molar-refractivity contribution >= 4 is 11.4 Å². The third-order valence-corrected chi connectivity index (χ3v) is 3.80. The van der Waals surface area contributed by atoms with Gasteiger partial charge in [0, 0.05) is 38.0 Å². The molecule has 0 spiro atoms. The van der Waals surface area contributed by atoms with Crippen LogP contribution in [0.25, 0.3) is 5.57 Å². The van der Waals surface area contributed by atoms with E-state index in [1.54, 1.807) is 6.20 Å². The molecule has 2 aromatic heterocycles. The third-order valence-electron chi connectivity index (χ3n) is 3.80. The van der Waals surface area contributed by atoms with Crippen molar-refractivity contribution < 1.29 is 0 Å². The Morgan fingerprint density at radius 2 is 2.36 bits per heavy atom. The molecule has 7 nitrogen and oxygen atoms in total. The van der Waals surface area contributed by atoms with Crippen LogP contribution in [-0.2, 0) is 0 Å². The highest BCUT2D eigenvalue weighted by molar-refractivity contribution is 5.74. The Labute approximate surface area is 129 Å². The maximum atomic E-state index is 6.01. The van der Waals surface area contributed by atoms with Gasteiger partial charge in [0.05, 0.1) is 17.0 Å². The molecule has 0 radical (unpaired) electrons. The average Bonchev–Trinajstić information content (AvgIpc) is 3.07. The molecule has 0 saturated carbocycles. The van der Waals surface area contributed by atoms with Crippen molar-refractivity contribution in [2.75, 3.05) is 25.9 Å². The molecule has 5 N–H and O–H groups in total. The number of nitrogens with two attached hydrogens (primary N) is 1. The molecule has 3 rings (SSSR count). The highest BCUT2D eigenvalue weighted by Gasteiger charge is 2.19. The summed E-state index contributed by atoms with van der Waals surface area (Å²) in [5.74, 6) is 1.49. The molecule has 1 saturated heterocycles. The van der Waals surface area contributed by atoms with Gasteiger partial charge in [0.15, 0.2) is 5.82 Å². The molecule has 1 aliphatic heterocycles. The number of nitrogen functional groups attached to an aromatic ring is 1. The van der Waals surface area contributed by atoms with Gasteiger partial charge in [-0.15, -0.1) is 0 Å². The molecular weight excluding hydrogens is 278 g/mol. The summed E-state index contributed by atoms with van der Waals surface area (Å²) in [5, 5.41) is 13.4. The van der Waals surface area contributed by atoms with E-state index in [-0.39, 0.29) is 0 Å². The number of aromatic nitrogens is 4. The van der Waals surface area contributed by atoms with Crippen molar-refractivity contribution in [3.05, 3.63) is 41.7 Å². The molecule has 2 aromatic rings. The number of aromatic amines is 1. The van der Waals surface area contributed by atoms with Crippen LogP contribution in [0.4, 0.5) is 5.82 Å². The Hall–Kier alpha value is -2.41. The number of hydrogen-bond donors (Lipinski definition) is 4. The van der Waals surface area contributed by atoms with Crippen LogP contribution in [0.15, 0.2) is 24.5 Å². The van der Waals surface area contributed by atoms with E-state index in [4.69, 9.17) is 10.7 Å². The van der Waals surface area contributed by atoms with Crippen LogP contribution in [0.3, 0.4) is 0 Å². The summed E-state index contributed by atoms with van der Waals surface area (Å²) in [6.45, 7) is 2.01. The standard InChI is InChI=1S/C15H21N7/c1-17-9-11(12-4-6-19-22-12)15-20-13(7-14(16)21-15)10-3-2-5-18-8-10/h4,6-7,9-10,17-18H,2-3,5,8H2,1H3,(H,19,22)(H2,16,20,21). The zero-order valence-electron chi connectivity index (χ0n) is 12.6. The second-order valence-electron chi connectivity index (χ2n) is 5.40. The molecule has 1 atom stereocenters. The lowest BCUT2D eigenvalue weighted by Crippen LogP contribution is -2.29. The largest absolute Gasteiger partial charge is 0.393 e. The topological polar surface area (TPSA) is 105 Å². The molecule has 22 heavy (non-hydrogen) atoms. The fourth-order valence-electron chi connectivity index (χ4n) is 2.73. The van der Waals surface area contributed by atoms with E-state index < -0.39 is 0 Å². The monoisotopic (exact) mass is 299 g/mol. The van der Waals surface area contributed by atoms with Crippen LogP contribution >= 0.6 is 0 Å². The maximum Gasteiger partial charge on any atom is 0.165 e. The van der Waals surface area contributed by atoms with Crippen LogP contribution in [0.2, 0.25) is 0 Å². The van der Waals surface area contributed by atoms with Crippen LogP contribution in [0.5, 0.6) is 0 Å². The Morgan fingerprint density at radius 3 is 3.05 bits per heavy atom. The predicted octanol–water partition coefficient (Wildman–Crippen LogP) is 0.857. The van der Waals surface area contributed by atoms with E-state index in [0.717, 1.165) is 42.9 Å². The Bertz CT molecular complexity index is 642. The molecule has 1 unspecified atom stereocenters. The van der Waals surface area contributed by atoms with E-state index in [1.807, 2.05) is 25.4 Å². The number of H-pyrrole nitrogens is 1. The zero-order chi connectivity index (χ0) is 15.4. The number of anilines is 1. The quantitative estimate of drug-likeness (QED) is 0.667. The Balaban J connectivity index is 1.98. The van der Waals surface area contributed by atoms with Gasteiger partial charge in [-0.3, -0.25) is 5.10 Å². The summed E-state index contributed by atoms with van der Waals surface area (Å²) in [6.07, 6.45) is 5.84. The number of nitrogens with zero attached hydrogens (tertiary/aromatic N) is 3. The Morgan fingerprint density at radius 1 is 1.45 bits per heavy atom. The fraction of sp³-hybridized carbons (Fsp3) is 0.400. The van der Waals surface area contributed by atoms with E-state index in [0.29, 0.717) is 17.6 Å². The SMILES string of the molecule is CNC=C(c1nc(N)cc(C2CCCNC2)n1)c1ccn[nH]1. The number of hydrogen-bond acceptors (Lipinski definition) is 6. The summed E-state index contributed by atoms with van der Waals surface area (Å²) < 4.78 is 0. The van der Waals surface area contributed by atoms with Gasteiger partial charge in [-0.2, -0.15) is 5.10 Å². The first kappa shape index (κ1) is 14.5.